The summed E-state index contributed by atoms with van der Waals surface area (Å²) >= 11 is 0. The van der Waals surface area contributed by atoms with Gasteiger partial charge in [0.05, 0.1) is 18.1 Å². The second kappa shape index (κ2) is 6.82. The van der Waals surface area contributed by atoms with Gasteiger partial charge in [-0.05, 0) is 12.5 Å². The van der Waals surface area contributed by atoms with Gasteiger partial charge >= 0.3 is 0 Å². The predicted molar refractivity (Wildman–Crippen MR) is 84.5 cm³/mol. The maximum absolute atomic E-state index is 5.57. The summed E-state index contributed by atoms with van der Waals surface area (Å²) in [5, 5.41) is 5.05. The lowest BCUT2D eigenvalue weighted by atomic mass is 10.1. The minimum Gasteiger partial charge on any atom is -0.308 e. The summed E-state index contributed by atoms with van der Waals surface area (Å²) in [5.74, 6) is 7.63. The maximum atomic E-state index is 5.57. The highest BCUT2D eigenvalue weighted by molar-refractivity contribution is 5.86. The monoisotopic (exact) mass is 291 g/mol. The highest BCUT2D eigenvalue weighted by Crippen LogP contribution is 2.19. The van der Waals surface area contributed by atoms with E-state index in [4.69, 9.17) is 5.84 Å². The van der Waals surface area contributed by atoms with Crippen LogP contribution in [0.2, 0.25) is 0 Å². The number of hydrogen-bond acceptors (Lipinski definition) is 6. The van der Waals surface area contributed by atoms with E-state index in [1.165, 1.54) is 6.42 Å². The number of rotatable bonds is 7. The lowest BCUT2D eigenvalue weighted by molar-refractivity contribution is 0.233. The van der Waals surface area contributed by atoms with Crippen molar-refractivity contribution >= 4 is 16.9 Å². The minimum atomic E-state index is 0.627. The number of fused-ring (bicyclic) bond motifs is 1. The quantitative estimate of drug-likeness (QED) is 0.594. The summed E-state index contributed by atoms with van der Waals surface area (Å²) in [7, 11) is 1.87. The number of nitrogens with one attached hydrogen (secondary N) is 1. The fourth-order valence-corrected chi connectivity index (χ4v) is 2.32. The summed E-state index contributed by atoms with van der Waals surface area (Å²) < 4.78 is 1.74. The Kier molecular flexibility index (Phi) is 5.08. The Labute approximate surface area is 125 Å². The molecule has 0 saturated carbocycles. The van der Waals surface area contributed by atoms with Crippen molar-refractivity contribution in [3.05, 3.63) is 12.0 Å². The fraction of sp³-hybridized carbons (Fsp3) is 0.643. The number of aryl methyl sites for hydroxylation is 1. The molecule has 0 aliphatic heterocycles. The lowest BCUT2D eigenvalue weighted by Crippen LogP contribution is -2.29. The third-order valence-electron chi connectivity index (χ3n) is 3.85. The van der Waals surface area contributed by atoms with E-state index in [-0.39, 0.29) is 0 Å². The largest absolute Gasteiger partial charge is 0.308 e. The van der Waals surface area contributed by atoms with Crippen molar-refractivity contribution in [1.82, 2.24) is 24.6 Å². The van der Waals surface area contributed by atoms with E-state index in [2.05, 4.69) is 46.2 Å². The Hall–Kier alpha value is -1.73. The van der Waals surface area contributed by atoms with Crippen molar-refractivity contribution in [2.75, 3.05) is 18.5 Å². The number of hydrazine groups is 1. The van der Waals surface area contributed by atoms with Crippen LogP contribution < -0.4 is 11.3 Å². The molecule has 2 rings (SSSR count). The predicted octanol–water partition coefficient (Wildman–Crippen LogP) is 1.52. The van der Waals surface area contributed by atoms with Gasteiger partial charge in [0.1, 0.15) is 5.82 Å². The highest BCUT2D eigenvalue weighted by Gasteiger charge is 2.14. The molecule has 3 N–H and O–H groups in total. The van der Waals surface area contributed by atoms with Gasteiger partial charge in [-0.3, -0.25) is 9.58 Å². The van der Waals surface area contributed by atoms with Crippen molar-refractivity contribution in [2.24, 2.45) is 18.8 Å². The maximum Gasteiger partial charge on any atom is 0.163 e. The van der Waals surface area contributed by atoms with Gasteiger partial charge in [-0.1, -0.05) is 27.2 Å². The Morgan fingerprint density at radius 3 is 2.76 bits per heavy atom. The van der Waals surface area contributed by atoms with E-state index >= 15 is 0 Å². The molecule has 0 saturated heterocycles. The van der Waals surface area contributed by atoms with E-state index in [0.29, 0.717) is 11.7 Å². The van der Waals surface area contributed by atoms with Crippen LogP contribution in [0.1, 0.15) is 33.0 Å². The summed E-state index contributed by atoms with van der Waals surface area (Å²) in [5.41, 5.74) is 3.44. The van der Waals surface area contributed by atoms with Crippen LogP contribution in [0.3, 0.4) is 0 Å². The van der Waals surface area contributed by atoms with Crippen LogP contribution in [-0.4, -0.2) is 37.7 Å². The molecular formula is C14H25N7. The van der Waals surface area contributed by atoms with Crippen LogP contribution in [0, 0.1) is 5.92 Å². The molecule has 0 aromatic carbocycles. The van der Waals surface area contributed by atoms with Crippen molar-refractivity contribution in [2.45, 2.75) is 33.7 Å². The van der Waals surface area contributed by atoms with Crippen molar-refractivity contribution in [3.8, 4) is 0 Å². The molecule has 2 heterocycles. The Balaban J connectivity index is 2.26. The van der Waals surface area contributed by atoms with Gasteiger partial charge in [-0.25, -0.2) is 15.8 Å². The summed E-state index contributed by atoms with van der Waals surface area (Å²) in [6.45, 7) is 9.38. The molecule has 1 unspecified atom stereocenters. The molecule has 2 aromatic heterocycles. The van der Waals surface area contributed by atoms with E-state index in [1.54, 1.807) is 10.9 Å². The first-order chi connectivity index (χ1) is 10.1. The third kappa shape index (κ3) is 3.48. The second-order valence-electron chi connectivity index (χ2n) is 5.48. The molecule has 2 aromatic rings. The Morgan fingerprint density at radius 1 is 1.38 bits per heavy atom. The second-order valence-corrected chi connectivity index (χ2v) is 5.48. The molecule has 7 heteroatoms. The van der Waals surface area contributed by atoms with E-state index in [0.717, 1.165) is 36.5 Å². The van der Waals surface area contributed by atoms with Gasteiger partial charge in [0.15, 0.2) is 11.5 Å². The van der Waals surface area contributed by atoms with Gasteiger partial charge < -0.3 is 5.43 Å². The number of nitrogens with zero attached hydrogens (tertiary/aromatic N) is 5. The number of nitrogens with two attached hydrogens (primary N) is 1. The Morgan fingerprint density at radius 2 is 2.14 bits per heavy atom. The zero-order valence-electron chi connectivity index (χ0n) is 13.3. The van der Waals surface area contributed by atoms with Crippen LogP contribution in [-0.2, 0) is 13.6 Å². The van der Waals surface area contributed by atoms with Crippen LogP contribution in [0.15, 0.2) is 6.20 Å². The molecular weight excluding hydrogens is 266 g/mol. The van der Waals surface area contributed by atoms with Gasteiger partial charge in [-0.15, -0.1) is 0 Å². The van der Waals surface area contributed by atoms with Crippen LogP contribution in [0.25, 0.3) is 11.0 Å². The molecule has 0 spiro atoms. The standard InChI is InChI=1S/C14H25N7/c1-5-10(3)8-21(6-2)9-12-17-13(19-15)11-7-16-20(4)14(11)18-12/h7,10H,5-6,8-9,15H2,1-4H3,(H,17,18,19). The molecule has 116 valence electrons. The van der Waals surface area contributed by atoms with Crippen LogP contribution >= 0.6 is 0 Å². The first kappa shape index (κ1) is 15.7. The van der Waals surface area contributed by atoms with Crippen LogP contribution in [0.4, 0.5) is 5.82 Å². The molecule has 7 nitrogen and oxygen atoms in total. The lowest BCUT2D eigenvalue weighted by Gasteiger charge is -2.23. The molecule has 21 heavy (non-hydrogen) atoms. The van der Waals surface area contributed by atoms with E-state index < -0.39 is 0 Å². The number of hydrogen-bond donors (Lipinski definition) is 2. The summed E-state index contributed by atoms with van der Waals surface area (Å²) in [6.07, 6.45) is 2.90. The minimum absolute atomic E-state index is 0.627. The fourth-order valence-electron chi connectivity index (χ4n) is 2.32. The molecule has 0 bridgehead atoms. The molecule has 0 aliphatic rings. The first-order valence-electron chi connectivity index (χ1n) is 7.46. The Bertz CT molecular complexity index is 592. The van der Waals surface area contributed by atoms with Gasteiger partial charge in [-0.2, -0.15) is 5.10 Å². The first-order valence-corrected chi connectivity index (χ1v) is 7.46. The normalized spacial score (nSPS) is 13.0. The average molecular weight is 291 g/mol. The van der Waals surface area contributed by atoms with Gasteiger partial charge in [0.2, 0.25) is 0 Å². The number of anilines is 1. The van der Waals surface area contributed by atoms with Crippen molar-refractivity contribution < 1.29 is 0 Å². The molecule has 0 fully saturated rings. The number of aromatic nitrogens is 4. The third-order valence-corrected chi connectivity index (χ3v) is 3.85. The zero-order chi connectivity index (χ0) is 15.4. The summed E-state index contributed by atoms with van der Waals surface area (Å²) in [4.78, 5) is 11.5. The van der Waals surface area contributed by atoms with Gasteiger partial charge in [0.25, 0.3) is 0 Å². The molecule has 0 amide bonds. The SMILES string of the molecule is CCC(C)CN(CC)Cc1nc(NN)c2cnn(C)c2n1. The van der Waals surface area contributed by atoms with E-state index in [1.807, 2.05) is 7.05 Å². The molecule has 0 aliphatic carbocycles. The highest BCUT2D eigenvalue weighted by atomic mass is 15.3. The van der Waals surface area contributed by atoms with Gasteiger partial charge in [0, 0.05) is 13.6 Å². The average Bonchev–Trinajstić information content (AvgIpc) is 2.87. The number of nitrogen functional groups attached to an aromatic ring is 1. The van der Waals surface area contributed by atoms with Crippen LogP contribution in [0.5, 0.6) is 0 Å². The smallest absolute Gasteiger partial charge is 0.163 e. The summed E-state index contributed by atoms with van der Waals surface area (Å²) in [6, 6.07) is 0. The molecule has 0 radical (unpaired) electrons. The topological polar surface area (TPSA) is 84.9 Å². The van der Waals surface area contributed by atoms with Crippen molar-refractivity contribution in [1.29, 1.82) is 0 Å². The van der Waals surface area contributed by atoms with Crippen molar-refractivity contribution in [3.63, 3.8) is 0 Å². The van der Waals surface area contributed by atoms with E-state index in [9.17, 15) is 0 Å². The molecule has 1 atom stereocenters. The zero-order valence-corrected chi connectivity index (χ0v) is 13.3.